The Kier molecular flexibility index (Phi) is 4.78. The second kappa shape index (κ2) is 7.63. The van der Waals surface area contributed by atoms with Crippen LogP contribution in [0.3, 0.4) is 0 Å². The number of anilines is 2. The summed E-state index contributed by atoms with van der Waals surface area (Å²) in [5.74, 6) is 0.455. The predicted molar refractivity (Wildman–Crippen MR) is 121 cm³/mol. The van der Waals surface area contributed by atoms with Gasteiger partial charge in [-0.15, -0.1) is 0 Å². The van der Waals surface area contributed by atoms with Gasteiger partial charge in [-0.3, -0.25) is 9.78 Å². The molecule has 0 spiro atoms. The van der Waals surface area contributed by atoms with Crippen molar-refractivity contribution in [3.63, 3.8) is 0 Å². The molecule has 0 amide bonds. The van der Waals surface area contributed by atoms with E-state index < -0.39 is 0 Å². The number of nitrogens with zero attached hydrogens (tertiary/aromatic N) is 5. The minimum atomic E-state index is -0.106. The molecule has 8 heteroatoms. The van der Waals surface area contributed by atoms with E-state index in [4.69, 9.17) is 4.98 Å². The molecular formula is C23H25N7O. The molecule has 4 aromatic rings. The van der Waals surface area contributed by atoms with Crippen molar-refractivity contribution in [1.29, 1.82) is 0 Å². The maximum absolute atomic E-state index is 13.1. The van der Waals surface area contributed by atoms with Crippen LogP contribution in [-0.4, -0.2) is 30.9 Å². The minimum absolute atomic E-state index is 0.0419. The van der Waals surface area contributed by atoms with E-state index in [2.05, 4.69) is 38.8 Å². The number of benzene rings is 1. The molecule has 4 heterocycles. The van der Waals surface area contributed by atoms with Crippen LogP contribution < -0.4 is 16.2 Å². The van der Waals surface area contributed by atoms with Gasteiger partial charge in [0.1, 0.15) is 5.39 Å². The third kappa shape index (κ3) is 3.48. The molecule has 1 aliphatic rings. The minimum Gasteiger partial charge on any atom is -0.324 e. The zero-order valence-corrected chi connectivity index (χ0v) is 17.9. The number of rotatable bonds is 4. The highest BCUT2D eigenvalue weighted by molar-refractivity contribution is 5.77. The highest BCUT2D eigenvalue weighted by Gasteiger charge is 2.19. The average Bonchev–Trinajstić information content (AvgIpc) is 3.06. The standard InChI is InChI=1S/C23H25N7O/c1-14(2)29-22(31)20-13-26-23(27-18-5-4-16-6-8-24-12-17(16)11-18)28-21(20)30(29)19-7-9-25-15(3)10-19/h4-5,7,9-11,13-14,24H,6,8,12H2,1-3H3,(H,26,27,28). The Hall–Kier alpha value is -3.52. The number of hydrogen-bond acceptors (Lipinski definition) is 6. The quantitative estimate of drug-likeness (QED) is 0.532. The van der Waals surface area contributed by atoms with Crippen LogP contribution >= 0.6 is 0 Å². The van der Waals surface area contributed by atoms with E-state index in [0.29, 0.717) is 17.0 Å². The van der Waals surface area contributed by atoms with Crippen LogP contribution in [0.5, 0.6) is 0 Å². The van der Waals surface area contributed by atoms with E-state index in [1.54, 1.807) is 17.1 Å². The first-order chi connectivity index (χ1) is 15.0. The Bertz CT molecular complexity index is 1340. The second-order valence-corrected chi connectivity index (χ2v) is 8.18. The SMILES string of the molecule is Cc1cc(-n2c3nc(Nc4ccc5c(c4)CNCC5)ncc3c(=O)n2C(C)C)ccn1. The van der Waals surface area contributed by atoms with Crippen molar-refractivity contribution in [3.05, 3.63) is 69.9 Å². The molecule has 0 unspecified atom stereocenters. The second-order valence-electron chi connectivity index (χ2n) is 8.18. The van der Waals surface area contributed by atoms with Crippen LogP contribution in [0.15, 0.2) is 47.5 Å². The third-order valence-corrected chi connectivity index (χ3v) is 5.59. The van der Waals surface area contributed by atoms with Gasteiger partial charge in [-0.2, -0.15) is 4.98 Å². The molecule has 1 aromatic carbocycles. The fraction of sp³-hybridized carbons (Fsp3) is 0.304. The third-order valence-electron chi connectivity index (χ3n) is 5.59. The highest BCUT2D eigenvalue weighted by Crippen LogP contribution is 2.23. The van der Waals surface area contributed by atoms with Crippen molar-refractivity contribution < 1.29 is 0 Å². The van der Waals surface area contributed by atoms with Gasteiger partial charge < -0.3 is 10.6 Å². The normalized spacial score (nSPS) is 13.5. The van der Waals surface area contributed by atoms with Gasteiger partial charge in [-0.1, -0.05) is 6.07 Å². The van der Waals surface area contributed by atoms with E-state index in [1.165, 1.54) is 11.1 Å². The summed E-state index contributed by atoms with van der Waals surface area (Å²) >= 11 is 0. The average molecular weight is 416 g/mol. The van der Waals surface area contributed by atoms with E-state index in [0.717, 1.165) is 36.6 Å². The molecule has 0 radical (unpaired) electrons. The lowest BCUT2D eigenvalue weighted by Crippen LogP contribution is -2.24. The Balaban J connectivity index is 1.62. The van der Waals surface area contributed by atoms with Crippen LogP contribution in [0.2, 0.25) is 0 Å². The Morgan fingerprint density at radius 1 is 1.13 bits per heavy atom. The van der Waals surface area contributed by atoms with Gasteiger partial charge in [0.05, 0.1) is 5.69 Å². The lowest BCUT2D eigenvalue weighted by molar-refractivity contribution is 0.475. The first kappa shape index (κ1) is 19.4. The Morgan fingerprint density at radius 2 is 2.00 bits per heavy atom. The van der Waals surface area contributed by atoms with Gasteiger partial charge >= 0.3 is 0 Å². The molecule has 2 N–H and O–H groups in total. The molecule has 158 valence electrons. The molecule has 5 rings (SSSR count). The smallest absolute Gasteiger partial charge is 0.278 e. The topological polar surface area (TPSA) is 89.7 Å². The largest absolute Gasteiger partial charge is 0.324 e. The van der Waals surface area contributed by atoms with Crippen molar-refractivity contribution in [2.24, 2.45) is 0 Å². The number of pyridine rings is 1. The van der Waals surface area contributed by atoms with Gasteiger partial charge in [-0.25, -0.2) is 14.3 Å². The van der Waals surface area contributed by atoms with Crippen LogP contribution in [-0.2, 0) is 13.0 Å². The summed E-state index contributed by atoms with van der Waals surface area (Å²) in [4.78, 5) is 26.5. The maximum Gasteiger partial charge on any atom is 0.278 e. The van der Waals surface area contributed by atoms with Crippen LogP contribution in [0.1, 0.15) is 36.7 Å². The van der Waals surface area contributed by atoms with Crippen molar-refractivity contribution in [3.8, 4) is 5.69 Å². The summed E-state index contributed by atoms with van der Waals surface area (Å²) in [5, 5.41) is 7.20. The van der Waals surface area contributed by atoms with E-state index in [9.17, 15) is 4.79 Å². The lowest BCUT2D eigenvalue weighted by Gasteiger charge is -2.18. The fourth-order valence-corrected chi connectivity index (χ4v) is 4.12. The Morgan fingerprint density at radius 3 is 2.81 bits per heavy atom. The van der Waals surface area contributed by atoms with Gasteiger partial charge in [0.2, 0.25) is 5.95 Å². The van der Waals surface area contributed by atoms with Gasteiger partial charge in [0, 0.05) is 36.4 Å². The summed E-state index contributed by atoms with van der Waals surface area (Å²) in [7, 11) is 0. The first-order valence-electron chi connectivity index (χ1n) is 10.5. The molecule has 0 aliphatic carbocycles. The van der Waals surface area contributed by atoms with Crippen LogP contribution in [0.25, 0.3) is 16.7 Å². The molecular weight excluding hydrogens is 390 g/mol. The monoisotopic (exact) mass is 415 g/mol. The zero-order valence-electron chi connectivity index (χ0n) is 17.9. The number of hydrogen-bond donors (Lipinski definition) is 2. The lowest BCUT2D eigenvalue weighted by atomic mass is 10.0. The molecule has 0 saturated heterocycles. The fourth-order valence-electron chi connectivity index (χ4n) is 4.12. The molecule has 3 aromatic heterocycles. The summed E-state index contributed by atoms with van der Waals surface area (Å²) in [6.07, 6.45) is 4.39. The predicted octanol–water partition coefficient (Wildman–Crippen LogP) is 3.26. The summed E-state index contributed by atoms with van der Waals surface area (Å²) in [6, 6.07) is 10.1. The molecule has 8 nitrogen and oxygen atoms in total. The molecule has 0 saturated carbocycles. The molecule has 0 atom stereocenters. The molecule has 0 bridgehead atoms. The summed E-state index contributed by atoms with van der Waals surface area (Å²) < 4.78 is 3.57. The number of fused-ring (bicyclic) bond motifs is 2. The van der Waals surface area contributed by atoms with Gasteiger partial charge in [0.15, 0.2) is 5.65 Å². The van der Waals surface area contributed by atoms with E-state index in [1.807, 2.05) is 37.6 Å². The van der Waals surface area contributed by atoms with Crippen molar-refractivity contribution >= 4 is 22.7 Å². The van der Waals surface area contributed by atoms with Gasteiger partial charge in [-0.05, 0) is 69.1 Å². The summed E-state index contributed by atoms with van der Waals surface area (Å²) in [6.45, 7) is 7.78. The van der Waals surface area contributed by atoms with Crippen molar-refractivity contribution in [1.82, 2.24) is 29.6 Å². The highest BCUT2D eigenvalue weighted by atomic mass is 16.1. The molecule has 31 heavy (non-hydrogen) atoms. The zero-order chi connectivity index (χ0) is 21.5. The number of nitrogens with one attached hydrogen (secondary N) is 2. The van der Waals surface area contributed by atoms with E-state index >= 15 is 0 Å². The number of aryl methyl sites for hydroxylation is 1. The van der Waals surface area contributed by atoms with Crippen molar-refractivity contribution in [2.45, 2.75) is 39.8 Å². The molecule has 1 aliphatic heterocycles. The number of aromatic nitrogens is 5. The summed E-state index contributed by atoms with van der Waals surface area (Å²) in [5.41, 5.74) is 5.77. The first-order valence-corrected chi connectivity index (χ1v) is 10.5. The van der Waals surface area contributed by atoms with Gasteiger partial charge in [0.25, 0.3) is 5.56 Å². The van der Waals surface area contributed by atoms with Crippen LogP contribution in [0.4, 0.5) is 11.6 Å². The maximum atomic E-state index is 13.1. The van der Waals surface area contributed by atoms with Crippen LogP contribution in [0, 0.1) is 6.92 Å². The molecule has 0 fully saturated rings. The Labute approximate surface area is 180 Å². The van der Waals surface area contributed by atoms with Crippen molar-refractivity contribution in [2.75, 3.05) is 11.9 Å². The van der Waals surface area contributed by atoms with E-state index in [-0.39, 0.29) is 11.6 Å².